The van der Waals surface area contributed by atoms with Crippen LogP contribution >= 0.6 is 0 Å². The van der Waals surface area contributed by atoms with Gasteiger partial charge in [-0.25, -0.2) is 0 Å². The van der Waals surface area contributed by atoms with Gasteiger partial charge in [0.05, 0.1) is 0 Å². The molecule has 0 spiro atoms. The summed E-state index contributed by atoms with van der Waals surface area (Å²) in [6, 6.07) is 0.0847. The number of hydrogen-bond acceptors (Lipinski definition) is 4. The van der Waals surface area contributed by atoms with E-state index in [0.29, 0.717) is 24.2 Å². The Morgan fingerprint density at radius 2 is 1.30 bits per heavy atom. The van der Waals surface area contributed by atoms with E-state index in [-0.39, 0.29) is 64.0 Å². The Hall–Kier alpha value is -0.685. The van der Waals surface area contributed by atoms with E-state index in [2.05, 4.69) is 54.7 Å². The Labute approximate surface area is 208 Å². The molecule has 0 aromatic carbocycles. The van der Waals surface area contributed by atoms with Crippen molar-refractivity contribution in [2.45, 2.75) is 92.2 Å². The molecule has 0 aliphatic rings. The fraction of sp³-hybridized carbons (Fsp3) is 0.950. The number of nitrogens with zero attached hydrogens (tertiary/aromatic N) is 6. The molecular formula is C20H41BN6NaO2. The predicted molar refractivity (Wildman–Crippen MR) is 122 cm³/mol. The van der Waals surface area contributed by atoms with Crippen LogP contribution in [0.15, 0.2) is 10.2 Å². The smallest absolute Gasteiger partial charge is 1.00 e. The predicted octanol–water partition coefficient (Wildman–Crippen LogP) is 3.18. The van der Waals surface area contributed by atoms with Crippen LogP contribution in [0.1, 0.15) is 81.5 Å². The van der Waals surface area contributed by atoms with Crippen molar-refractivity contribution in [3.63, 3.8) is 0 Å². The van der Waals surface area contributed by atoms with Crippen molar-refractivity contribution in [1.29, 1.82) is 0 Å². The molecule has 10 heteroatoms. The average molecular weight is 431 g/mol. The van der Waals surface area contributed by atoms with Crippen molar-refractivity contribution in [2.24, 2.45) is 33.9 Å². The minimum absolute atomic E-state index is 0. The second-order valence-electron chi connectivity index (χ2n) is 7.73. The molecule has 1 N–H and O–H groups in total. The van der Waals surface area contributed by atoms with Crippen molar-refractivity contribution in [3.05, 3.63) is 20.9 Å². The number of rotatable bonds is 14. The molecule has 0 fully saturated rings. The zero-order valence-corrected chi connectivity index (χ0v) is 22.1. The Morgan fingerprint density at radius 1 is 0.900 bits per heavy atom. The fourth-order valence-electron chi connectivity index (χ4n) is 3.26. The molecule has 0 heterocycles. The topological polar surface area (TPSA) is 135 Å². The summed E-state index contributed by atoms with van der Waals surface area (Å²) in [5, 5.41) is 16.4. The van der Waals surface area contributed by atoms with Crippen molar-refractivity contribution in [3.8, 4) is 0 Å². The number of azide groups is 2. The second-order valence-corrected chi connectivity index (χ2v) is 7.73. The maximum absolute atomic E-state index is 10.2. The summed E-state index contributed by atoms with van der Waals surface area (Å²) in [7, 11) is 0. The molecule has 167 valence electrons. The van der Waals surface area contributed by atoms with Gasteiger partial charge < -0.3 is 11.3 Å². The van der Waals surface area contributed by atoms with E-state index >= 15 is 0 Å². The monoisotopic (exact) mass is 431 g/mol. The van der Waals surface area contributed by atoms with Gasteiger partial charge in [0, 0.05) is 43.3 Å². The van der Waals surface area contributed by atoms with E-state index in [1.54, 1.807) is 0 Å². The molecule has 0 aliphatic carbocycles. The summed E-state index contributed by atoms with van der Waals surface area (Å²) >= 11 is 0. The largest absolute Gasteiger partial charge is 1.00 e. The molecule has 0 bridgehead atoms. The van der Waals surface area contributed by atoms with Gasteiger partial charge in [-0.05, 0) is 54.0 Å². The Balaban J connectivity index is -0.000000133. The van der Waals surface area contributed by atoms with Crippen LogP contribution in [0, 0.1) is 23.7 Å². The molecule has 3 radical (unpaired) electrons. The van der Waals surface area contributed by atoms with Gasteiger partial charge in [0.2, 0.25) is 0 Å². The first-order valence-corrected chi connectivity index (χ1v) is 10.5. The first-order valence-electron chi connectivity index (χ1n) is 10.5. The number of hydrogen-bond donors (Lipinski definition) is 1. The number of aliphatic hydroxyl groups is 1. The van der Waals surface area contributed by atoms with Crippen LogP contribution in [0.3, 0.4) is 0 Å². The zero-order chi connectivity index (χ0) is 21.9. The van der Waals surface area contributed by atoms with E-state index in [0.717, 1.165) is 38.4 Å². The Kier molecular flexibility index (Phi) is 30.1. The van der Waals surface area contributed by atoms with Crippen molar-refractivity contribution in [1.82, 2.24) is 0 Å². The molecule has 6 atom stereocenters. The van der Waals surface area contributed by atoms with Crippen molar-refractivity contribution >= 4 is 14.7 Å². The summed E-state index contributed by atoms with van der Waals surface area (Å²) in [5.74, 6) is 1.44. The third-order valence-electron chi connectivity index (χ3n) is 5.55. The van der Waals surface area contributed by atoms with Gasteiger partial charge in [-0.1, -0.05) is 64.6 Å². The van der Waals surface area contributed by atoms with Crippen LogP contribution in [0.4, 0.5) is 0 Å². The van der Waals surface area contributed by atoms with Gasteiger partial charge in [-0.3, -0.25) is 0 Å². The molecule has 0 aromatic rings. The number of carbonyl (C=O) groups excluding carboxylic acids is 1. The molecule has 0 aromatic heterocycles. The second kappa shape index (κ2) is 24.6. The van der Waals surface area contributed by atoms with Gasteiger partial charge in [-0.15, -0.1) is 0 Å². The summed E-state index contributed by atoms with van der Waals surface area (Å²) in [4.78, 5) is 16.0. The van der Waals surface area contributed by atoms with Crippen LogP contribution in [-0.2, 0) is 4.79 Å². The van der Waals surface area contributed by atoms with Gasteiger partial charge >= 0.3 is 29.6 Å². The van der Waals surface area contributed by atoms with Gasteiger partial charge in [0.15, 0.2) is 0 Å². The summed E-state index contributed by atoms with van der Waals surface area (Å²) in [6.45, 7) is 12.7. The van der Waals surface area contributed by atoms with Crippen molar-refractivity contribution in [2.75, 3.05) is 6.61 Å². The molecule has 30 heavy (non-hydrogen) atoms. The third kappa shape index (κ3) is 17.0. The zero-order valence-electron chi connectivity index (χ0n) is 21.1. The SMILES string of the molecule is CC[C@H](C)[C@@H](N=[N+]=[N-])[C@@H](C)CCC=O.CC[C@H](C)[C@@H](N=[N+]=[N-])[C@@H](C)CCCO.[B].[H-].[Na+]. The van der Waals surface area contributed by atoms with Gasteiger partial charge in [-0.2, -0.15) is 0 Å². The van der Waals surface area contributed by atoms with Gasteiger partial charge in [0.25, 0.3) is 0 Å². The van der Waals surface area contributed by atoms with E-state index in [1.165, 1.54) is 0 Å². The fourth-order valence-corrected chi connectivity index (χ4v) is 3.26. The van der Waals surface area contributed by atoms with Crippen LogP contribution in [-0.4, -0.2) is 38.5 Å². The minimum atomic E-state index is 0. The third-order valence-corrected chi connectivity index (χ3v) is 5.55. The maximum atomic E-state index is 10.2. The quantitative estimate of drug-likeness (QED) is 0.149. The van der Waals surface area contributed by atoms with Gasteiger partial charge in [0.1, 0.15) is 6.29 Å². The average Bonchev–Trinajstić information content (AvgIpc) is 2.71. The normalized spacial score (nSPS) is 15.6. The molecule has 0 amide bonds. The summed E-state index contributed by atoms with van der Waals surface area (Å²) in [5.41, 5.74) is 16.9. The number of aliphatic hydroxyl groups excluding tert-OH is 1. The first kappa shape index (κ1) is 36.7. The molecule has 0 rings (SSSR count). The number of aldehydes is 1. The minimum Gasteiger partial charge on any atom is -1.00 e. The van der Waals surface area contributed by atoms with Crippen molar-refractivity contribution < 1.29 is 40.9 Å². The Morgan fingerprint density at radius 3 is 1.60 bits per heavy atom. The van der Waals surface area contributed by atoms with Crippen LogP contribution in [0.25, 0.3) is 20.9 Å². The summed E-state index contributed by atoms with van der Waals surface area (Å²) in [6.07, 6.45) is 5.99. The van der Waals surface area contributed by atoms with Crippen LogP contribution in [0.2, 0.25) is 0 Å². The summed E-state index contributed by atoms with van der Waals surface area (Å²) < 4.78 is 0. The molecule has 0 saturated carbocycles. The molecule has 0 saturated heterocycles. The number of carbonyl (C=O) groups is 1. The maximum Gasteiger partial charge on any atom is 1.00 e. The van der Waals surface area contributed by atoms with E-state index < -0.39 is 0 Å². The van der Waals surface area contributed by atoms with E-state index in [1.807, 2.05) is 6.92 Å². The molecule has 0 aliphatic heterocycles. The van der Waals surface area contributed by atoms with E-state index in [4.69, 9.17) is 16.2 Å². The molecular weight excluding hydrogens is 390 g/mol. The standard InChI is InChI=1S/C10H21N3O.C10H19N3O.B.Na.H/c2*1-4-8(2)10(12-13-11)9(3)6-5-7-14;;;/h8-10,14H,4-7H2,1-3H3;7-10H,4-6H2,1-3H3;;;/q;;;+1;-1/t2*8-,9-,10+;;;/m00.../s1. The molecule has 8 nitrogen and oxygen atoms in total. The van der Waals surface area contributed by atoms with Crippen LogP contribution < -0.4 is 29.6 Å². The first-order chi connectivity index (χ1) is 13.3. The van der Waals surface area contributed by atoms with E-state index in [9.17, 15) is 4.79 Å². The Bertz CT molecular complexity index is 508. The van der Waals surface area contributed by atoms with Crippen LogP contribution in [0.5, 0.6) is 0 Å². The molecule has 0 unspecified atom stereocenters.